The lowest BCUT2D eigenvalue weighted by atomic mass is 10.2. The van der Waals surface area contributed by atoms with Crippen LogP contribution in [0.25, 0.3) is 0 Å². The molecular formula is C12H13FN2O3S. The van der Waals surface area contributed by atoms with Crippen LogP contribution in [0.1, 0.15) is 11.1 Å². The molecule has 102 valence electrons. The average molecular weight is 284 g/mol. The Balaban J connectivity index is 2.19. The Hall–Kier alpha value is -1.70. The van der Waals surface area contributed by atoms with Gasteiger partial charge in [-0.3, -0.25) is 0 Å². The Labute approximate surface area is 110 Å². The van der Waals surface area contributed by atoms with E-state index in [0.717, 1.165) is 6.07 Å². The van der Waals surface area contributed by atoms with E-state index in [1.165, 1.54) is 24.7 Å². The largest absolute Gasteiger partial charge is 0.472 e. The van der Waals surface area contributed by atoms with E-state index in [-0.39, 0.29) is 13.1 Å². The zero-order chi connectivity index (χ0) is 13.9. The fraction of sp³-hybridized carbons (Fsp3) is 0.167. The van der Waals surface area contributed by atoms with Crippen LogP contribution in [-0.4, -0.2) is 8.42 Å². The van der Waals surface area contributed by atoms with Crippen molar-refractivity contribution in [2.45, 2.75) is 18.0 Å². The summed E-state index contributed by atoms with van der Waals surface area (Å²) in [5.41, 5.74) is 6.55. The molecular weight excluding hydrogens is 271 g/mol. The summed E-state index contributed by atoms with van der Waals surface area (Å²) in [5, 5.41) is 0. The lowest BCUT2D eigenvalue weighted by Gasteiger charge is -2.07. The summed E-state index contributed by atoms with van der Waals surface area (Å²) in [6, 6.07) is 5.42. The summed E-state index contributed by atoms with van der Waals surface area (Å²) < 4.78 is 44.7. The first kappa shape index (κ1) is 13.7. The fourth-order valence-electron chi connectivity index (χ4n) is 1.54. The van der Waals surface area contributed by atoms with E-state index in [9.17, 15) is 12.8 Å². The van der Waals surface area contributed by atoms with Crippen molar-refractivity contribution in [2.75, 3.05) is 0 Å². The fourth-order valence-corrected chi connectivity index (χ4v) is 2.61. The number of halogens is 1. The third-order valence-electron chi connectivity index (χ3n) is 2.57. The molecule has 2 aromatic rings. The third-order valence-corrected chi connectivity index (χ3v) is 4.00. The normalized spacial score (nSPS) is 11.7. The number of hydrogen-bond acceptors (Lipinski definition) is 4. The van der Waals surface area contributed by atoms with Gasteiger partial charge in [-0.1, -0.05) is 6.07 Å². The van der Waals surface area contributed by atoms with Crippen molar-refractivity contribution in [3.8, 4) is 0 Å². The quantitative estimate of drug-likeness (QED) is 0.868. The van der Waals surface area contributed by atoms with Crippen molar-refractivity contribution in [1.29, 1.82) is 0 Å². The van der Waals surface area contributed by atoms with Gasteiger partial charge < -0.3 is 10.2 Å². The molecule has 0 radical (unpaired) electrons. The lowest BCUT2D eigenvalue weighted by Crippen LogP contribution is -2.24. The van der Waals surface area contributed by atoms with E-state index in [4.69, 9.17) is 10.2 Å². The second-order valence-electron chi connectivity index (χ2n) is 3.93. The minimum absolute atomic E-state index is 0.0386. The Morgan fingerprint density at radius 2 is 2.05 bits per heavy atom. The van der Waals surface area contributed by atoms with Crippen LogP contribution in [0.3, 0.4) is 0 Å². The Bertz CT molecular complexity index is 654. The zero-order valence-corrected chi connectivity index (χ0v) is 10.8. The van der Waals surface area contributed by atoms with E-state index < -0.39 is 20.7 Å². The van der Waals surface area contributed by atoms with Crippen LogP contribution in [0.2, 0.25) is 0 Å². The summed E-state index contributed by atoms with van der Waals surface area (Å²) in [7, 11) is -3.90. The summed E-state index contributed by atoms with van der Waals surface area (Å²) in [4.78, 5) is -0.395. The molecule has 0 saturated carbocycles. The highest BCUT2D eigenvalue weighted by molar-refractivity contribution is 7.89. The summed E-state index contributed by atoms with van der Waals surface area (Å²) in [5.74, 6) is -0.817. The van der Waals surface area contributed by atoms with Gasteiger partial charge in [-0.05, 0) is 23.8 Å². The first-order valence-corrected chi connectivity index (χ1v) is 7.00. The molecule has 0 aliphatic rings. The van der Waals surface area contributed by atoms with Gasteiger partial charge >= 0.3 is 0 Å². The van der Waals surface area contributed by atoms with Crippen molar-refractivity contribution in [3.05, 3.63) is 53.7 Å². The van der Waals surface area contributed by atoms with E-state index in [1.54, 1.807) is 6.07 Å². The van der Waals surface area contributed by atoms with Gasteiger partial charge in [0.15, 0.2) is 0 Å². The highest BCUT2D eigenvalue weighted by Gasteiger charge is 2.19. The van der Waals surface area contributed by atoms with Crippen LogP contribution < -0.4 is 10.5 Å². The van der Waals surface area contributed by atoms with Crippen molar-refractivity contribution in [3.63, 3.8) is 0 Å². The molecule has 0 unspecified atom stereocenters. The molecule has 5 nitrogen and oxygen atoms in total. The number of hydrogen-bond donors (Lipinski definition) is 2. The number of nitrogens with one attached hydrogen (secondary N) is 1. The summed E-state index contributed by atoms with van der Waals surface area (Å²) in [6.07, 6.45) is 2.84. The third kappa shape index (κ3) is 3.19. The van der Waals surface area contributed by atoms with Gasteiger partial charge in [0.25, 0.3) is 0 Å². The predicted molar refractivity (Wildman–Crippen MR) is 67.0 cm³/mol. The van der Waals surface area contributed by atoms with E-state index in [2.05, 4.69) is 4.72 Å². The van der Waals surface area contributed by atoms with Crippen LogP contribution in [0.5, 0.6) is 0 Å². The standard InChI is InChI=1S/C12H13FN2O3S/c13-11-5-9(6-14)1-2-12(11)19(16,17)15-7-10-3-4-18-8-10/h1-5,8,15H,6-7,14H2. The average Bonchev–Trinajstić information content (AvgIpc) is 2.89. The molecule has 2 rings (SSSR count). The molecule has 0 aliphatic heterocycles. The highest BCUT2D eigenvalue weighted by Crippen LogP contribution is 2.16. The molecule has 0 bridgehead atoms. The molecule has 19 heavy (non-hydrogen) atoms. The molecule has 0 saturated heterocycles. The van der Waals surface area contributed by atoms with Gasteiger partial charge in [0.05, 0.1) is 12.5 Å². The topological polar surface area (TPSA) is 85.3 Å². The molecule has 7 heteroatoms. The number of benzene rings is 1. The maximum absolute atomic E-state index is 13.7. The predicted octanol–water partition coefficient (Wildman–Crippen LogP) is 1.36. The Morgan fingerprint density at radius 1 is 1.26 bits per heavy atom. The molecule has 0 amide bonds. The lowest BCUT2D eigenvalue weighted by molar-refractivity contribution is 0.552. The van der Waals surface area contributed by atoms with Gasteiger partial charge in [-0.15, -0.1) is 0 Å². The maximum atomic E-state index is 13.7. The molecule has 1 aromatic carbocycles. The minimum atomic E-state index is -3.90. The number of rotatable bonds is 5. The second kappa shape index (κ2) is 5.52. The summed E-state index contributed by atoms with van der Waals surface area (Å²) >= 11 is 0. The molecule has 0 fully saturated rings. The second-order valence-corrected chi connectivity index (χ2v) is 5.66. The number of furan rings is 1. The zero-order valence-electron chi connectivity index (χ0n) is 9.97. The first-order chi connectivity index (χ1) is 9.03. The van der Waals surface area contributed by atoms with Crippen LogP contribution in [-0.2, 0) is 23.1 Å². The van der Waals surface area contributed by atoms with Crippen molar-refractivity contribution >= 4 is 10.0 Å². The van der Waals surface area contributed by atoms with E-state index in [0.29, 0.717) is 11.1 Å². The Morgan fingerprint density at radius 3 is 2.63 bits per heavy atom. The van der Waals surface area contributed by atoms with Crippen LogP contribution in [0.4, 0.5) is 4.39 Å². The van der Waals surface area contributed by atoms with Crippen LogP contribution in [0, 0.1) is 5.82 Å². The maximum Gasteiger partial charge on any atom is 0.243 e. The molecule has 1 heterocycles. The van der Waals surface area contributed by atoms with E-state index >= 15 is 0 Å². The molecule has 1 aromatic heterocycles. The van der Waals surface area contributed by atoms with E-state index in [1.807, 2.05) is 0 Å². The molecule has 0 atom stereocenters. The van der Waals surface area contributed by atoms with Gasteiger partial charge in [0.1, 0.15) is 10.7 Å². The van der Waals surface area contributed by atoms with Gasteiger partial charge in [0.2, 0.25) is 10.0 Å². The van der Waals surface area contributed by atoms with Crippen LogP contribution in [0.15, 0.2) is 46.1 Å². The van der Waals surface area contributed by atoms with Crippen molar-refractivity contribution in [2.24, 2.45) is 5.73 Å². The number of nitrogens with two attached hydrogens (primary N) is 1. The minimum Gasteiger partial charge on any atom is -0.472 e. The van der Waals surface area contributed by atoms with Crippen molar-refractivity contribution < 1.29 is 17.2 Å². The van der Waals surface area contributed by atoms with Gasteiger partial charge in [0, 0.05) is 18.7 Å². The molecule has 0 spiro atoms. The summed E-state index contributed by atoms with van der Waals surface area (Å²) in [6.45, 7) is 0.191. The van der Waals surface area contributed by atoms with Crippen LogP contribution >= 0.6 is 0 Å². The molecule has 3 N–H and O–H groups in total. The van der Waals surface area contributed by atoms with Gasteiger partial charge in [-0.25, -0.2) is 17.5 Å². The smallest absolute Gasteiger partial charge is 0.243 e. The SMILES string of the molecule is NCc1ccc(S(=O)(=O)NCc2ccoc2)c(F)c1. The van der Waals surface area contributed by atoms with Gasteiger partial charge in [-0.2, -0.15) is 0 Å². The number of sulfonamides is 1. The monoisotopic (exact) mass is 284 g/mol. The first-order valence-electron chi connectivity index (χ1n) is 5.52. The van der Waals surface area contributed by atoms with Crippen molar-refractivity contribution in [1.82, 2.24) is 4.72 Å². The highest BCUT2D eigenvalue weighted by atomic mass is 32.2. The molecule has 0 aliphatic carbocycles. The Kier molecular flexibility index (Phi) is 3.98.